The van der Waals surface area contributed by atoms with Crippen LogP contribution < -0.4 is 5.32 Å². The monoisotopic (exact) mass is 271 g/mol. The van der Waals surface area contributed by atoms with Gasteiger partial charge in [-0.2, -0.15) is 0 Å². The molecule has 0 heterocycles. The molecule has 1 rings (SSSR count). The summed E-state index contributed by atoms with van der Waals surface area (Å²) in [6, 6.07) is -0.0245. The van der Waals surface area contributed by atoms with Gasteiger partial charge in [-0.15, -0.1) is 0 Å². The average Bonchev–Trinajstić information content (AvgIpc) is 2.73. The highest BCUT2D eigenvalue weighted by Gasteiger charge is 2.40. The van der Waals surface area contributed by atoms with Crippen molar-refractivity contribution in [3.8, 4) is 0 Å². The minimum Gasteiger partial charge on any atom is -0.465 e. The van der Waals surface area contributed by atoms with Crippen LogP contribution in [0.2, 0.25) is 0 Å². The predicted octanol–water partition coefficient (Wildman–Crippen LogP) is 3.66. The molecule has 0 aromatic heterocycles. The molecule has 1 aliphatic rings. The Morgan fingerprint density at radius 1 is 1.37 bits per heavy atom. The molecular weight excluding hydrogens is 242 g/mol. The van der Waals surface area contributed by atoms with Crippen LogP contribution in [-0.2, 0) is 4.74 Å². The largest absolute Gasteiger partial charge is 0.465 e. The van der Waals surface area contributed by atoms with Gasteiger partial charge in [-0.1, -0.05) is 33.6 Å². The molecule has 1 saturated carbocycles. The molecule has 1 amide bonds. The van der Waals surface area contributed by atoms with Gasteiger partial charge in [0.25, 0.3) is 0 Å². The van der Waals surface area contributed by atoms with Crippen LogP contribution in [0.1, 0.15) is 59.8 Å². The number of rotatable bonds is 6. The summed E-state index contributed by atoms with van der Waals surface area (Å²) in [4.78, 5) is 11.0. The lowest BCUT2D eigenvalue weighted by atomic mass is 9.73. The molecule has 1 atom stereocenters. The van der Waals surface area contributed by atoms with E-state index >= 15 is 0 Å². The number of nitrogens with one attached hydrogen (secondary N) is 1. The Hall–Kier alpha value is -0.770. The van der Waals surface area contributed by atoms with Gasteiger partial charge in [-0.05, 0) is 37.0 Å². The van der Waals surface area contributed by atoms with Gasteiger partial charge in [-0.25, -0.2) is 4.79 Å². The minimum atomic E-state index is -0.926. The molecule has 4 heteroatoms. The molecule has 19 heavy (non-hydrogen) atoms. The summed E-state index contributed by atoms with van der Waals surface area (Å²) in [5.41, 5.74) is 0.0939. The minimum absolute atomic E-state index is 0.0245. The van der Waals surface area contributed by atoms with Crippen molar-refractivity contribution in [1.29, 1.82) is 0 Å². The second-order valence-electron chi connectivity index (χ2n) is 6.92. The van der Waals surface area contributed by atoms with E-state index in [9.17, 15) is 4.79 Å². The SMILES string of the molecule is CCOCC1(CC(NC(=O)O)C(C)(C)C)CCCC1. The highest BCUT2D eigenvalue weighted by Crippen LogP contribution is 2.44. The van der Waals surface area contributed by atoms with Crippen molar-refractivity contribution in [2.75, 3.05) is 13.2 Å². The maximum Gasteiger partial charge on any atom is 0.404 e. The summed E-state index contributed by atoms with van der Waals surface area (Å²) in [7, 11) is 0. The van der Waals surface area contributed by atoms with Crippen molar-refractivity contribution < 1.29 is 14.6 Å². The lowest BCUT2D eigenvalue weighted by Gasteiger charge is -2.38. The Balaban J connectivity index is 2.75. The fraction of sp³-hybridized carbons (Fsp3) is 0.933. The topological polar surface area (TPSA) is 58.6 Å². The number of carboxylic acid groups (broad SMARTS) is 1. The van der Waals surface area contributed by atoms with E-state index in [0.29, 0.717) is 0 Å². The third kappa shape index (κ3) is 5.01. The molecule has 0 spiro atoms. The Labute approximate surface area is 116 Å². The van der Waals surface area contributed by atoms with E-state index in [0.717, 1.165) is 32.5 Å². The molecule has 0 aromatic rings. The van der Waals surface area contributed by atoms with Crippen molar-refractivity contribution in [1.82, 2.24) is 5.32 Å². The van der Waals surface area contributed by atoms with Gasteiger partial charge in [0, 0.05) is 12.6 Å². The number of carbonyl (C=O) groups is 1. The van der Waals surface area contributed by atoms with Crippen LogP contribution >= 0.6 is 0 Å². The molecule has 0 saturated heterocycles. The van der Waals surface area contributed by atoms with Crippen molar-refractivity contribution in [2.24, 2.45) is 10.8 Å². The fourth-order valence-corrected chi connectivity index (χ4v) is 3.01. The predicted molar refractivity (Wildman–Crippen MR) is 76.4 cm³/mol. The molecule has 1 aliphatic carbocycles. The third-order valence-electron chi connectivity index (χ3n) is 4.26. The summed E-state index contributed by atoms with van der Waals surface area (Å²) < 4.78 is 5.66. The first-order valence-corrected chi connectivity index (χ1v) is 7.36. The Bertz CT molecular complexity index is 290. The third-order valence-corrected chi connectivity index (χ3v) is 4.26. The van der Waals surface area contributed by atoms with Crippen molar-refractivity contribution in [3.05, 3.63) is 0 Å². The van der Waals surface area contributed by atoms with Crippen molar-refractivity contribution in [3.63, 3.8) is 0 Å². The Morgan fingerprint density at radius 3 is 2.37 bits per heavy atom. The van der Waals surface area contributed by atoms with Gasteiger partial charge >= 0.3 is 6.09 Å². The maximum absolute atomic E-state index is 11.0. The normalized spacial score (nSPS) is 20.2. The molecule has 0 radical (unpaired) electrons. The first-order chi connectivity index (χ1) is 8.79. The molecule has 0 aromatic carbocycles. The van der Waals surface area contributed by atoms with E-state index in [1.807, 2.05) is 6.92 Å². The maximum atomic E-state index is 11.0. The molecule has 1 unspecified atom stereocenters. The summed E-state index contributed by atoms with van der Waals surface area (Å²) in [5.74, 6) is 0. The zero-order valence-corrected chi connectivity index (χ0v) is 12.8. The van der Waals surface area contributed by atoms with Gasteiger partial charge in [0.1, 0.15) is 0 Å². The van der Waals surface area contributed by atoms with Crippen LogP contribution in [0, 0.1) is 10.8 Å². The number of ether oxygens (including phenoxy) is 1. The van der Waals surface area contributed by atoms with E-state index in [1.54, 1.807) is 0 Å². The summed E-state index contributed by atoms with van der Waals surface area (Å²) in [6.45, 7) is 9.79. The standard InChI is InChI=1S/C15H29NO3/c1-5-19-11-15(8-6-7-9-15)10-12(14(2,3)4)16-13(17)18/h12,16H,5-11H2,1-4H3,(H,17,18). The van der Waals surface area contributed by atoms with Crippen LogP contribution in [0.3, 0.4) is 0 Å². The molecule has 1 fully saturated rings. The molecule has 112 valence electrons. The zero-order valence-electron chi connectivity index (χ0n) is 12.8. The van der Waals surface area contributed by atoms with Crippen LogP contribution in [0.5, 0.6) is 0 Å². The lowest BCUT2D eigenvalue weighted by Crippen LogP contribution is -2.47. The first-order valence-electron chi connectivity index (χ1n) is 7.36. The molecule has 0 bridgehead atoms. The van der Waals surface area contributed by atoms with E-state index in [4.69, 9.17) is 9.84 Å². The van der Waals surface area contributed by atoms with Crippen molar-refractivity contribution >= 4 is 6.09 Å². The van der Waals surface area contributed by atoms with E-state index in [-0.39, 0.29) is 16.9 Å². The van der Waals surface area contributed by atoms with Gasteiger partial charge < -0.3 is 15.2 Å². The number of hydrogen-bond acceptors (Lipinski definition) is 2. The number of amides is 1. The second kappa shape index (κ2) is 6.60. The summed E-state index contributed by atoms with van der Waals surface area (Å²) in [6.07, 6.45) is 4.72. The second-order valence-corrected chi connectivity index (χ2v) is 6.92. The van der Waals surface area contributed by atoms with E-state index in [2.05, 4.69) is 26.1 Å². The molecule has 2 N–H and O–H groups in total. The van der Waals surface area contributed by atoms with Crippen LogP contribution in [0.25, 0.3) is 0 Å². The number of hydrogen-bond donors (Lipinski definition) is 2. The highest BCUT2D eigenvalue weighted by molar-refractivity contribution is 5.65. The van der Waals surface area contributed by atoms with Crippen LogP contribution in [0.15, 0.2) is 0 Å². The zero-order chi connectivity index (χ0) is 14.5. The van der Waals surface area contributed by atoms with E-state index < -0.39 is 6.09 Å². The lowest BCUT2D eigenvalue weighted by molar-refractivity contribution is 0.0315. The quantitative estimate of drug-likeness (QED) is 0.775. The van der Waals surface area contributed by atoms with Crippen molar-refractivity contribution in [2.45, 2.75) is 65.8 Å². The van der Waals surface area contributed by atoms with Crippen LogP contribution in [-0.4, -0.2) is 30.5 Å². The fourth-order valence-electron chi connectivity index (χ4n) is 3.01. The highest BCUT2D eigenvalue weighted by atomic mass is 16.5. The van der Waals surface area contributed by atoms with Gasteiger partial charge in [-0.3, -0.25) is 0 Å². The molecule has 4 nitrogen and oxygen atoms in total. The van der Waals surface area contributed by atoms with Gasteiger partial charge in [0.15, 0.2) is 0 Å². The smallest absolute Gasteiger partial charge is 0.404 e. The molecular formula is C15H29NO3. The van der Waals surface area contributed by atoms with Gasteiger partial charge in [0.2, 0.25) is 0 Å². The Morgan fingerprint density at radius 2 is 1.95 bits per heavy atom. The summed E-state index contributed by atoms with van der Waals surface area (Å²) >= 11 is 0. The first kappa shape index (κ1) is 16.3. The average molecular weight is 271 g/mol. The Kier molecular flexibility index (Phi) is 5.65. The van der Waals surface area contributed by atoms with E-state index in [1.165, 1.54) is 12.8 Å². The van der Waals surface area contributed by atoms with Crippen LogP contribution in [0.4, 0.5) is 4.79 Å². The summed E-state index contributed by atoms with van der Waals surface area (Å²) in [5, 5.41) is 11.7. The molecule has 0 aliphatic heterocycles. The van der Waals surface area contributed by atoms with Gasteiger partial charge in [0.05, 0.1) is 6.61 Å².